The number of hydrogen-bond acceptors (Lipinski definition) is 4. The largest absolute Gasteiger partial charge is 0.495 e. The monoisotopic (exact) mass is 338 g/mol. The Balaban J connectivity index is 2.35. The maximum atomic E-state index is 13.3. The van der Waals surface area contributed by atoms with Gasteiger partial charge in [0, 0.05) is 22.7 Å². The first-order chi connectivity index (χ1) is 10.8. The molecule has 1 N–H and O–H groups in total. The van der Waals surface area contributed by atoms with Crippen molar-refractivity contribution >= 4 is 28.9 Å². The van der Waals surface area contributed by atoms with Crippen molar-refractivity contribution in [3.8, 4) is 5.75 Å². The molecule has 1 amide bonds. The van der Waals surface area contributed by atoms with Crippen molar-refractivity contribution in [3.63, 3.8) is 0 Å². The minimum Gasteiger partial charge on any atom is -0.495 e. The van der Waals surface area contributed by atoms with Crippen LogP contribution in [-0.2, 0) is 0 Å². The van der Waals surface area contributed by atoms with E-state index in [-0.39, 0.29) is 5.56 Å². The molecule has 0 fully saturated rings. The third-order valence-corrected chi connectivity index (χ3v) is 3.54. The van der Waals surface area contributed by atoms with E-state index in [2.05, 4.69) is 5.32 Å². The number of hydrogen-bond donors (Lipinski definition) is 1. The van der Waals surface area contributed by atoms with Crippen molar-refractivity contribution in [1.29, 1.82) is 0 Å². The number of nitrogens with one attached hydrogen (secondary N) is 1. The highest BCUT2D eigenvalue weighted by Crippen LogP contribution is 2.31. The van der Waals surface area contributed by atoms with Gasteiger partial charge in [0.05, 0.1) is 17.7 Å². The zero-order valence-corrected chi connectivity index (χ0v) is 13.0. The zero-order valence-electron chi connectivity index (χ0n) is 12.2. The van der Waals surface area contributed by atoms with Crippen LogP contribution < -0.4 is 10.1 Å². The normalized spacial score (nSPS) is 10.3. The number of aryl methyl sites for hydroxylation is 1. The molecule has 0 saturated heterocycles. The lowest BCUT2D eigenvalue weighted by atomic mass is 10.1. The van der Waals surface area contributed by atoms with Crippen LogP contribution in [-0.4, -0.2) is 17.9 Å². The van der Waals surface area contributed by atoms with Crippen LogP contribution in [0.15, 0.2) is 30.3 Å². The first kappa shape index (κ1) is 16.7. The second-order valence-corrected chi connectivity index (χ2v) is 5.09. The molecule has 0 bridgehead atoms. The molecular weight excluding hydrogens is 327 g/mol. The number of nitro groups is 1. The standard InChI is InChI=1S/C15H12ClFN2O4/c1-8-5-12(14(23-2)7-10(8)16)18-15(20)9-3-4-11(17)13(6-9)19(21)22/h3-7H,1-2H3,(H,18,20). The molecule has 0 saturated carbocycles. The van der Waals surface area contributed by atoms with Gasteiger partial charge in [-0.3, -0.25) is 14.9 Å². The molecule has 0 aliphatic carbocycles. The summed E-state index contributed by atoms with van der Waals surface area (Å²) in [6.45, 7) is 1.75. The maximum Gasteiger partial charge on any atom is 0.305 e. The van der Waals surface area contributed by atoms with E-state index >= 15 is 0 Å². The number of halogens is 2. The Bertz CT molecular complexity index is 795. The molecule has 6 nitrogen and oxygen atoms in total. The molecule has 23 heavy (non-hydrogen) atoms. The summed E-state index contributed by atoms with van der Waals surface area (Å²) in [5.41, 5.74) is 0.254. The molecule has 8 heteroatoms. The topological polar surface area (TPSA) is 81.5 Å². The van der Waals surface area contributed by atoms with E-state index in [0.717, 1.165) is 18.2 Å². The Morgan fingerprint density at radius 2 is 2.04 bits per heavy atom. The predicted molar refractivity (Wildman–Crippen MR) is 83.7 cm³/mol. The molecule has 0 spiro atoms. The van der Waals surface area contributed by atoms with Gasteiger partial charge in [0.2, 0.25) is 5.82 Å². The number of methoxy groups -OCH3 is 1. The van der Waals surface area contributed by atoms with E-state index < -0.39 is 22.3 Å². The summed E-state index contributed by atoms with van der Waals surface area (Å²) in [5, 5.41) is 13.8. The number of rotatable bonds is 4. The summed E-state index contributed by atoms with van der Waals surface area (Å²) in [6, 6.07) is 6.06. The average molecular weight is 339 g/mol. The van der Waals surface area contributed by atoms with Crippen LogP contribution in [0.4, 0.5) is 15.8 Å². The van der Waals surface area contributed by atoms with Crippen molar-refractivity contribution in [2.24, 2.45) is 0 Å². The molecule has 0 atom stereocenters. The third kappa shape index (κ3) is 3.57. The average Bonchev–Trinajstić information content (AvgIpc) is 2.50. The second kappa shape index (κ2) is 6.62. The van der Waals surface area contributed by atoms with Gasteiger partial charge in [0.25, 0.3) is 5.91 Å². The van der Waals surface area contributed by atoms with Crippen LogP contribution in [0.25, 0.3) is 0 Å². The maximum absolute atomic E-state index is 13.3. The van der Waals surface area contributed by atoms with Crippen LogP contribution in [0.5, 0.6) is 5.75 Å². The minimum atomic E-state index is -1.01. The minimum absolute atomic E-state index is 0.0484. The number of nitro benzene ring substituents is 1. The quantitative estimate of drug-likeness (QED) is 0.675. The Morgan fingerprint density at radius 1 is 1.35 bits per heavy atom. The first-order valence-corrected chi connectivity index (χ1v) is 6.80. The number of carbonyl (C=O) groups is 1. The molecule has 0 unspecified atom stereocenters. The number of carbonyl (C=O) groups excluding carboxylic acids is 1. The van der Waals surface area contributed by atoms with Gasteiger partial charge >= 0.3 is 5.69 Å². The Kier molecular flexibility index (Phi) is 4.80. The second-order valence-electron chi connectivity index (χ2n) is 4.68. The summed E-state index contributed by atoms with van der Waals surface area (Å²) in [5.74, 6) is -1.30. The van der Waals surface area contributed by atoms with Crippen molar-refractivity contribution in [2.75, 3.05) is 12.4 Å². The van der Waals surface area contributed by atoms with Crippen LogP contribution in [0.1, 0.15) is 15.9 Å². The molecule has 0 aliphatic rings. The SMILES string of the molecule is COc1cc(Cl)c(C)cc1NC(=O)c1ccc(F)c([N+](=O)[O-])c1. The van der Waals surface area contributed by atoms with E-state index in [4.69, 9.17) is 16.3 Å². The number of nitrogens with zero attached hydrogens (tertiary/aromatic N) is 1. The lowest BCUT2D eigenvalue weighted by molar-refractivity contribution is -0.387. The predicted octanol–water partition coefficient (Wildman–Crippen LogP) is 3.96. The fourth-order valence-corrected chi connectivity index (χ4v) is 2.07. The Morgan fingerprint density at radius 3 is 2.65 bits per heavy atom. The number of anilines is 1. The Hall–Kier alpha value is -2.67. The highest BCUT2D eigenvalue weighted by Gasteiger charge is 2.18. The van der Waals surface area contributed by atoms with Gasteiger partial charge < -0.3 is 10.1 Å². The van der Waals surface area contributed by atoms with E-state index in [1.165, 1.54) is 7.11 Å². The van der Waals surface area contributed by atoms with Crippen molar-refractivity contribution < 1.29 is 18.8 Å². The van der Waals surface area contributed by atoms with E-state index in [0.29, 0.717) is 22.0 Å². The summed E-state index contributed by atoms with van der Waals surface area (Å²) < 4.78 is 18.5. The molecule has 0 aromatic heterocycles. The summed E-state index contributed by atoms with van der Waals surface area (Å²) in [7, 11) is 1.42. The van der Waals surface area contributed by atoms with Gasteiger partial charge in [0.15, 0.2) is 0 Å². The molecule has 2 aromatic rings. The Labute approximate surface area is 136 Å². The molecular formula is C15H12ClFN2O4. The van der Waals surface area contributed by atoms with E-state index in [9.17, 15) is 19.3 Å². The fraction of sp³-hybridized carbons (Fsp3) is 0.133. The lowest BCUT2D eigenvalue weighted by Crippen LogP contribution is -2.13. The van der Waals surface area contributed by atoms with Crippen LogP contribution in [0, 0.1) is 22.9 Å². The highest BCUT2D eigenvalue weighted by molar-refractivity contribution is 6.31. The molecule has 120 valence electrons. The van der Waals surface area contributed by atoms with Crippen molar-refractivity contribution in [3.05, 3.63) is 62.4 Å². The van der Waals surface area contributed by atoms with E-state index in [1.54, 1.807) is 19.1 Å². The van der Waals surface area contributed by atoms with Gasteiger partial charge in [-0.1, -0.05) is 11.6 Å². The van der Waals surface area contributed by atoms with Gasteiger partial charge in [0.1, 0.15) is 5.75 Å². The summed E-state index contributed by atoms with van der Waals surface area (Å²) in [4.78, 5) is 22.1. The third-order valence-electron chi connectivity index (χ3n) is 3.13. The number of amides is 1. The fourth-order valence-electron chi connectivity index (χ4n) is 1.92. The smallest absolute Gasteiger partial charge is 0.305 e. The zero-order chi connectivity index (χ0) is 17.1. The molecule has 2 aromatic carbocycles. The number of ether oxygens (including phenoxy) is 1. The number of benzene rings is 2. The van der Waals surface area contributed by atoms with Crippen LogP contribution >= 0.6 is 11.6 Å². The molecule has 0 aliphatic heterocycles. The van der Waals surface area contributed by atoms with Crippen LogP contribution in [0.2, 0.25) is 5.02 Å². The lowest BCUT2D eigenvalue weighted by Gasteiger charge is -2.12. The molecule has 0 radical (unpaired) electrons. The van der Waals surface area contributed by atoms with Crippen molar-refractivity contribution in [2.45, 2.75) is 6.92 Å². The molecule has 0 heterocycles. The van der Waals surface area contributed by atoms with Gasteiger partial charge in [-0.25, -0.2) is 0 Å². The van der Waals surface area contributed by atoms with Crippen molar-refractivity contribution in [1.82, 2.24) is 0 Å². The summed E-state index contributed by atoms with van der Waals surface area (Å²) in [6.07, 6.45) is 0. The molecule has 2 rings (SSSR count). The summed E-state index contributed by atoms with van der Waals surface area (Å²) >= 11 is 5.98. The van der Waals surface area contributed by atoms with Gasteiger partial charge in [-0.05, 0) is 30.7 Å². The highest BCUT2D eigenvalue weighted by atomic mass is 35.5. The van der Waals surface area contributed by atoms with Gasteiger partial charge in [-0.2, -0.15) is 4.39 Å². The van der Waals surface area contributed by atoms with Crippen LogP contribution in [0.3, 0.4) is 0 Å². The van der Waals surface area contributed by atoms with Gasteiger partial charge in [-0.15, -0.1) is 0 Å². The first-order valence-electron chi connectivity index (χ1n) is 6.43. The van der Waals surface area contributed by atoms with E-state index in [1.807, 2.05) is 0 Å².